The van der Waals surface area contributed by atoms with Gasteiger partial charge in [0.05, 0.1) is 10.6 Å². The number of ether oxygens (including phenoxy) is 1. The van der Waals surface area contributed by atoms with Gasteiger partial charge in [-0.05, 0) is 55.3 Å². The zero-order chi connectivity index (χ0) is 21.1. The third-order valence-electron chi connectivity index (χ3n) is 5.44. The average molecular weight is 428 g/mol. The van der Waals surface area contributed by atoms with Crippen LogP contribution in [-0.2, 0) is 9.59 Å². The number of thiophene rings is 1. The number of hydrogen-bond acceptors (Lipinski definition) is 5. The number of carbonyl (C=O) groups is 3. The second-order valence-corrected chi connectivity index (χ2v) is 8.44. The van der Waals surface area contributed by atoms with Crippen LogP contribution in [0.5, 0.6) is 5.75 Å². The largest absolute Gasteiger partial charge is 0.478 e. The van der Waals surface area contributed by atoms with Gasteiger partial charge in [0.25, 0.3) is 11.8 Å². The molecule has 3 heterocycles. The lowest BCUT2D eigenvalue weighted by molar-refractivity contribution is -0.134. The van der Waals surface area contributed by atoms with Crippen molar-refractivity contribution in [2.75, 3.05) is 29.9 Å². The zero-order valence-electron chi connectivity index (χ0n) is 16.9. The van der Waals surface area contributed by atoms with Gasteiger partial charge in [-0.3, -0.25) is 19.3 Å². The Balaban J connectivity index is 1.58. The standard InChI is InChI=1S/C22H25N3O4S/c1-2-17-22(28)25(14-20(26)24-10-4-3-5-11-24)16-13-15(8-9-18(16)29-17)23-21(27)19-7-6-12-30-19/h6-9,12-13,17H,2-5,10-11,14H2,1H3,(H,23,27). The van der Waals surface area contributed by atoms with Crippen LogP contribution in [0.1, 0.15) is 42.3 Å². The molecule has 1 aromatic heterocycles. The van der Waals surface area contributed by atoms with Crippen molar-refractivity contribution in [3.8, 4) is 5.75 Å². The molecule has 2 aliphatic rings. The molecule has 2 aromatic rings. The first-order chi connectivity index (χ1) is 14.6. The van der Waals surface area contributed by atoms with Gasteiger partial charge in [-0.2, -0.15) is 0 Å². The first-order valence-corrected chi connectivity index (χ1v) is 11.2. The smallest absolute Gasteiger partial charge is 0.268 e. The number of fused-ring (bicyclic) bond motifs is 1. The van der Waals surface area contributed by atoms with Crippen LogP contribution in [0.4, 0.5) is 11.4 Å². The zero-order valence-corrected chi connectivity index (χ0v) is 17.7. The van der Waals surface area contributed by atoms with E-state index < -0.39 is 6.10 Å². The highest BCUT2D eigenvalue weighted by Crippen LogP contribution is 2.37. The Kier molecular flexibility index (Phi) is 6.03. The summed E-state index contributed by atoms with van der Waals surface area (Å²) in [5, 5.41) is 4.69. The van der Waals surface area contributed by atoms with Crippen LogP contribution in [0.3, 0.4) is 0 Å². The van der Waals surface area contributed by atoms with E-state index >= 15 is 0 Å². The number of amides is 3. The van der Waals surface area contributed by atoms with Crippen LogP contribution < -0.4 is 15.0 Å². The highest BCUT2D eigenvalue weighted by molar-refractivity contribution is 7.12. The van der Waals surface area contributed by atoms with Crippen molar-refractivity contribution in [1.29, 1.82) is 0 Å². The Bertz CT molecular complexity index is 938. The summed E-state index contributed by atoms with van der Waals surface area (Å²) in [7, 11) is 0. The lowest BCUT2D eigenvalue weighted by Gasteiger charge is -2.36. The van der Waals surface area contributed by atoms with E-state index in [1.54, 1.807) is 24.3 Å². The molecule has 0 spiro atoms. The van der Waals surface area contributed by atoms with E-state index in [1.807, 2.05) is 23.3 Å². The summed E-state index contributed by atoms with van der Waals surface area (Å²) in [6.45, 7) is 3.33. The third-order valence-corrected chi connectivity index (χ3v) is 6.30. The predicted octanol–water partition coefficient (Wildman–Crippen LogP) is 3.52. The Hall–Kier alpha value is -2.87. The van der Waals surface area contributed by atoms with E-state index in [0.717, 1.165) is 32.4 Å². The molecule has 0 radical (unpaired) electrons. The summed E-state index contributed by atoms with van der Waals surface area (Å²) >= 11 is 1.36. The number of likely N-dealkylation sites (tertiary alicyclic amines) is 1. The van der Waals surface area contributed by atoms with Crippen LogP contribution in [0.2, 0.25) is 0 Å². The first kappa shape index (κ1) is 20.4. The van der Waals surface area contributed by atoms with Gasteiger partial charge in [0.15, 0.2) is 6.10 Å². The third kappa shape index (κ3) is 4.18. The van der Waals surface area contributed by atoms with Crippen LogP contribution in [0, 0.1) is 0 Å². The van der Waals surface area contributed by atoms with Crippen LogP contribution in [0.15, 0.2) is 35.7 Å². The van der Waals surface area contributed by atoms with Crippen molar-refractivity contribution < 1.29 is 19.1 Å². The molecule has 0 bridgehead atoms. The minimum Gasteiger partial charge on any atom is -0.478 e. The molecule has 1 saturated heterocycles. The van der Waals surface area contributed by atoms with Gasteiger partial charge in [-0.15, -0.1) is 11.3 Å². The number of benzene rings is 1. The number of anilines is 2. The van der Waals surface area contributed by atoms with Crippen molar-refractivity contribution in [1.82, 2.24) is 4.90 Å². The fourth-order valence-electron chi connectivity index (χ4n) is 3.80. The molecular formula is C22H25N3O4S. The monoisotopic (exact) mass is 427 g/mol. The van der Waals surface area contributed by atoms with E-state index in [1.165, 1.54) is 16.2 Å². The first-order valence-electron chi connectivity index (χ1n) is 10.3. The number of piperidine rings is 1. The van der Waals surface area contributed by atoms with E-state index in [9.17, 15) is 14.4 Å². The summed E-state index contributed by atoms with van der Waals surface area (Å²) in [4.78, 5) is 42.2. The molecular weight excluding hydrogens is 402 g/mol. The number of rotatable bonds is 5. The van der Waals surface area contributed by atoms with E-state index in [4.69, 9.17) is 4.74 Å². The molecule has 0 saturated carbocycles. The van der Waals surface area contributed by atoms with Gasteiger partial charge in [0.1, 0.15) is 12.3 Å². The number of hydrogen-bond donors (Lipinski definition) is 1. The average Bonchev–Trinajstić information content (AvgIpc) is 3.31. The molecule has 3 amide bonds. The molecule has 1 atom stereocenters. The SMILES string of the molecule is CCC1Oc2ccc(NC(=O)c3cccs3)cc2N(CC(=O)N2CCCCC2)C1=O. The predicted molar refractivity (Wildman–Crippen MR) is 116 cm³/mol. The van der Waals surface area contributed by atoms with Gasteiger partial charge in [0, 0.05) is 18.8 Å². The van der Waals surface area contributed by atoms with Crippen molar-refractivity contribution in [3.63, 3.8) is 0 Å². The normalized spacial score (nSPS) is 18.6. The highest BCUT2D eigenvalue weighted by Gasteiger charge is 2.35. The van der Waals surface area contributed by atoms with Gasteiger partial charge in [0.2, 0.25) is 5.91 Å². The summed E-state index contributed by atoms with van der Waals surface area (Å²) in [5.74, 6) is 0.0493. The summed E-state index contributed by atoms with van der Waals surface area (Å²) in [6.07, 6.45) is 3.03. The van der Waals surface area contributed by atoms with Crippen molar-refractivity contribution in [3.05, 3.63) is 40.6 Å². The van der Waals surface area contributed by atoms with Gasteiger partial charge in [-0.1, -0.05) is 13.0 Å². The summed E-state index contributed by atoms with van der Waals surface area (Å²) in [6, 6.07) is 8.76. The highest BCUT2D eigenvalue weighted by atomic mass is 32.1. The lowest BCUT2D eigenvalue weighted by atomic mass is 10.1. The summed E-state index contributed by atoms with van der Waals surface area (Å²) in [5.41, 5.74) is 1.06. The van der Waals surface area contributed by atoms with Crippen LogP contribution in [-0.4, -0.2) is 48.4 Å². The van der Waals surface area contributed by atoms with Crippen molar-refractivity contribution in [2.45, 2.75) is 38.7 Å². The minimum atomic E-state index is -0.613. The minimum absolute atomic E-state index is 0.0198. The van der Waals surface area contributed by atoms with Crippen LogP contribution in [0.25, 0.3) is 0 Å². The molecule has 4 rings (SSSR count). The fourth-order valence-corrected chi connectivity index (χ4v) is 4.42. The van der Waals surface area contributed by atoms with Gasteiger partial charge < -0.3 is 15.0 Å². The maximum Gasteiger partial charge on any atom is 0.268 e. The molecule has 1 N–H and O–H groups in total. The van der Waals surface area contributed by atoms with E-state index in [2.05, 4.69) is 5.32 Å². The molecule has 7 nitrogen and oxygen atoms in total. The molecule has 1 unspecified atom stereocenters. The van der Waals surface area contributed by atoms with Gasteiger partial charge >= 0.3 is 0 Å². The lowest BCUT2D eigenvalue weighted by Crippen LogP contribution is -2.51. The molecule has 0 aliphatic carbocycles. The number of nitrogens with zero attached hydrogens (tertiary/aromatic N) is 2. The number of carbonyl (C=O) groups excluding carboxylic acids is 3. The van der Waals surface area contributed by atoms with Crippen molar-refractivity contribution >= 4 is 40.4 Å². The second kappa shape index (κ2) is 8.87. The molecule has 8 heteroatoms. The summed E-state index contributed by atoms with van der Waals surface area (Å²) < 4.78 is 5.86. The van der Waals surface area contributed by atoms with Gasteiger partial charge in [-0.25, -0.2) is 0 Å². The quantitative estimate of drug-likeness (QED) is 0.792. The molecule has 2 aliphatic heterocycles. The fraction of sp³-hybridized carbons (Fsp3) is 0.409. The molecule has 158 valence electrons. The van der Waals surface area contributed by atoms with Crippen LogP contribution >= 0.6 is 11.3 Å². The molecule has 1 fully saturated rings. The Morgan fingerprint density at radius 2 is 2.00 bits per heavy atom. The molecule has 1 aromatic carbocycles. The second-order valence-electron chi connectivity index (χ2n) is 7.49. The Morgan fingerprint density at radius 1 is 1.20 bits per heavy atom. The molecule has 30 heavy (non-hydrogen) atoms. The maximum atomic E-state index is 13.0. The Morgan fingerprint density at radius 3 is 2.70 bits per heavy atom. The maximum absolute atomic E-state index is 13.0. The van der Waals surface area contributed by atoms with Crippen molar-refractivity contribution in [2.24, 2.45) is 0 Å². The Labute approximate surface area is 179 Å². The number of nitrogens with one attached hydrogen (secondary N) is 1. The van der Waals surface area contributed by atoms with E-state index in [-0.39, 0.29) is 24.3 Å². The van der Waals surface area contributed by atoms with E-state index in [0.29, 0.717) is 28.4 Å². The topological polar surface area (TPSA) is 79.0 Å².